The van der Waals surface area contributed by atoms with Crippen molar-refractivity contribution in [2.75, 3.05) is 57.3 Å². The van der Waals surface area contributed by atoms with Crippen LogP contribution < -0.4 is 4.90 Å². The number of carbonyl (C=O) groups is 3. The summed E-state index contributed by atoms with van der Waals surface area (Å²) in [6, 6.07) is 5.01. The van der Waals surface area contributed by atoms with Gasteiger partial charge >= 0.3 is 12.2 Å². The maximum atomic E-state index is 12.2. The zero-order chi connectivity index (χ0) is 33.2. The van der Waals surface area contributed by atoms with Crippen LogP contribution in [-0.4, -0.2) is 115 Å². The molecule has 0 atom stereocenters. The highest BCUT2D eigenvalue weighted by atomic mass is 79.9. The number of amides is 3. The van der Waals surface area contributed by atoms with Crippen LogP contribution in [0.3, 0.4) is 0 Å². The molecule has 3 aliphatic heterocycles. The first kappa shape index (κ1) is 32.6. The van der Waals surface area contributed by atoms with Crippen molar-refractivity contribution in [3.05, 3.63) is 28.1 Å². The molecule has 14 heteroatoms. The molecule has 3 amide bonds. The molecule has 0 aromatic carbocycles. The quantitative estimate of drug-likeness (QED) is 0.488. The molecule has 252 valence electrons. The lowest BCUT2D eigenvalue weighted by atomic mass is 9.61. The molecule has 2 aliphatic carbocycles. The van der Waals surface area contributed by atoms with Gasteiger partial charge in [0.25, 0.3) is 0 Å². The number of ether oxygens (including phenoxy) is 1. The fourth-order valence-electron chi connectivity index (χ4n) is 7.92. The van der Waals surface area contributed by atoms with Gasteiger partial charge < -0.3 is 29.4 Å². The summed E-state index contributed by atoms with van der Waals surface area (Å²) in [5, 5.41) is 18.1. The Labute approximate surface area is 278 Å². The van der Waals surface area contributed by atoms with E-state index in [1.807, 2.05) is 43.6 Å². The molecule has 2 aromatic heterocycles. The number of carbonyl (C=O) groups excluding carboxylic acids is 2. The Morgan fingerprint density at radius 1 is 0.826 bits per heavy atom. The minimum Gasteiger partial charge on any atom is -0.465 e. The fraction of sp³-hybridized carbons (Fsp3) is 0.719. The highest BCUT2D eigenvalue weighted by Crippen LogP contribution is 2.55. The highest BCUT2D eigenvalue weighted by Gasteiger charge is 2.56. The SMILES string of the molecule is CC(=O)N1CCN(c2cc(C)n(C3CC4(C3)CN(C(=O)OC(C)(C)C)C4)n2)CC1.Cc1cc(Br)nn1C1CC2(C1)CN(C(=O)O)C2. The van der Waals surface area contributed by atoms with Crippen LogP contribution in [0, 0.1) is 24.7 Å². The van der Waals surface area contributed by atoms with E-state index in [-0.39, 0.29) is 22.8 Å². The molecule has 5 fully saturated rings. The Hall–Kier alpha value is -3.29. The summed E-state index contributed by atoms with van der Waals surface area (Å²) in [7, 11) is 0. The molecule has 3 saturated heterocycles. The number of likely N-dealkylation sites (tertiary alicyclic amines) is 2. The number of carboxylic acid groups (broad SMARTS) is 1. The first-order valence-electron chi connectivity index (χ1n) is 16.3. The standard InChI is InChI=1S/C21H33N5O3.C11H14BrN3O2/c1-15-10-18(24-8-6-23(7-9-24)16(2)27)22-26(15)17-11-21(12-17)13-25(14-21)19(28)29-20(3,4)5;1-7-2-9(12)13-15(7)8-3-11(4-8)5-14(6-11)10(16)17/h10,17H,6-9,11-14H2,1-5H3;2,8H,3-6H2,1H3,(H,16,17). The van der Waals surface area contributed by atoms with Gasteiger partial charge in [-0.05, 0) is 82.3 Å². The molecule has 0 unspecified atom stereocenters. The normalized spacial score (nSPS) is 23.2. The van der Waals surface area contributed by atoms with Gasteiger partial charge in [0.05, 0.1) is 12.1 Å². The second-order valence-corrected chi connectivity index (χ2v) is 16.0. The highest BCUT2D eigenvalue weighted by molar-refractivity contribution is 9.10. The third-order valence-corrected chi connectivity index (χ3v) is 10.6. The maximum Gasteiger partial charge on any atom is 0.410 e. The summed E-state index contributed by atoms with van der Waals surface area (Å²) in [4.78, 5) is 41.9. The van der Waals surface area contributed by atoms with Crippen LogP contribution in [0.15, 0.2) is 16.7 Å². The average molecular weight is 704 g/mol. The topological polar surface area (TPSA) is 129 Å². The van der Waals surface area contributed by atoms with Gasteiger partial charge in [-0.2, -0.15) is 10.2 Å². The minimum absolute atomic E-state index is 0.145. The molecule has 2 aromatic rings. The van der Waals surface area contributed by atoms with Crippen LogP contribution >= 0.6 is 15.9 Å². The number of hydrogen-bond donors (Lipinski definition) is 1. The Balaban J connectivity index is 0.000000185. The minimum atomic E-state index is -0.794. The molecular weight excluding hydrogens is 656 g/mol. The third-order valence-electron chi connectivity index (χ3n) is 10.2. The van der Waals surface area contributed by atoms with Crippen LogP contribution in [0.1, 0.15) is 76.8 Å². The largest absolute Gasteiger partial charge is 0.465 e. The van der Waals surface area contributed by atoms with Crippen molar-refractivity contribution < 1.29 is 24.2 Å². The zero-order valence-electron chi connectivity index (χ0n) is 27.8. The van der Waals surface area contributed by atoms with Crippen molar-refractivity contribution in [3.8, 4) is 0 Å². The zero-order valence-corrected chi connectivity index (χ0v) is 29.4. The molecule has 2 spiro atoms. The number of nitrogens with zero attached hydrogens (tertiary/aromatic N) is 8. The molecule has 46 heavy (non-hydrogen) atoms. The van der Waals surface area contributed by atoms with Crippen molar-refractivity contribution in [1.29, 1.82) is 0 Å². The molecule has 2 saturated carbocycles. The van der Waals surface area contributed by atoms with Gasteiger partial charge in [0.1, 0.15) is 10.2 Å². The fourth-order valence-corrected chi connectivity index (χ4v) is 8.43. The molecule has 7 rings (SSSR count). The van der Waals surface area contributed by atoms with Gasteiger partial charge in [0.2, 0.25) is 5.91 Å². The van der Waals surface area contributed by atoms with Crippen LogP contribution in [0.4, 0.5) is 15.4 Å². The van der Waals surface area contributed by atoms with E-state index in [0.717, 1.165) is 81.1 Å². The maximum absolute atomic E-state index is 12.2. The lowest BCUT2D eigenvalue weighted by Gasteiger charge is -2.58. The van der Waals surface area contributed by atoms with E-state index in [1.165, 1.54) is 10.6 Å². The summed E-state index contributed by atoms with van der Waals surface area (Å²) in [5.74, 6) is 1.16. The summed E-state index contributed by atoms with van der Waals surface area (Å²) >= 11 is 3.37. The van der Waals surface area contributed by atoms with E-state index in [1.54, 1.807) is 6.92 Å². The van der Waals surface area contributed by atoms with Crippen LogP contribution in [0.5, 0.6) is 0 Å². The Morgan fingerprint density at radius 3 is 1.78 bits per heavy atom. The van der Waals surface area contributed by atoms with Gasteiger partial charge in [-0.1, -0.05) is 0 Å². The van der Waals surface area contributed by atoms with Crippen molar-refractivity contribution >= 4 is 39.8 Å². The number of piperazine rings is 1. The molecule has 1 N–H and O–H groups in total. The number of anilines is 1. The monoisotopic (exact) mass is 702 g/mol. The smallest absolute Gasteiger partial charge is 0.410 e. The Morgan fingerprint density at radius 2 is 1.33 bits per heavy atom. The number of rotatable bonds is 3. The summed E-state index contributed by atoms with van der Waals surface area (Å²) < 4.78 is 10.6. The molecule has 0 bridgehead atoms. The van der Waals surface area contributed by atoms with E-state index < -0.39 is 11.7 Å². The van der Waals surface area contributed by atoms with Gasteiger partial charge in [-0.25, -0.2) is 9.59 Å². The van der Waals surface area contributed by atoms with Gasteiger partial charge in [0, 0.05) is 87.6 Å². The number of aryl methyl sites for hydroxylation is 2. The summed E-state index contributed by atoms with van der Waals surface area (Å²) in [6.07, 6.45) is 3.22. The second-order valence-electron chi connectivity index (χ2n) is 15.2. The molecule has 5 heterocycles. The second kappa shape index (κ2) is 11.7. The molecule has 5 aliphatic rings. The Bertz CT molecular complexity index is 1480. The van der Waals surface area contributed by atoms with Crippen molar-refractivity contribution in [2.24, 2.45) is 10.8 Å². The van der Waals surface area contributed by atoms with Crippen molar-refractivity contribution in [3.63, 3.8) is 0 Å². The van der Waals surface area contributed by atoms with Gasteiger partial charge in [-0.15, -0.1) is 0 Å². The predicted molar refractivity (Wildman–Crippen MR) is 175 cm³/mol. The van der Waals surface area contributed by atoms with Crippen LogP contribution in [-0.2, 0) is 9.53 Å². The Kier molecular flexibility index (Phi) is 8.34. The predicted octanol–water partition coefficient (Wildman–Crippen LogP) is 4.70. The van der Waals surface area contributed by atoms with Crippen LogP contribution in [0.25, 0.3) is 0 Å². The van der Waals surface area contributed by atoms with E-state index in [4.69, 9.17) is 14.9 Å². The summed E-state index contributed by atoms with van der Waals surface area (Å²) in [6.45, 7) is 17.6. The van der Waals surface area contributed by atoms with Gasteiger partial charge in [0.15, 0.2) is 5.82 Å². The van der Waals surface area contributed by atoms with E-state index in [2.05, 4.69) is 48.3 Å². The van der Waals surface area contributed by atoms with E-state index >= 15 is 0 Å². The van der Waals surface area contributed by atoms with Crippen LogP contribution in [0.2, 0.25) is 0 Å². The van der Waals surface area contributed by atoms with Gasteiger partial charge in [-0.3, -0.25) is 14.2 Å². The first-order valence-corrected chi connectivity index (χ1v) is 17.1. The molecule has 13 nitrogen and oxygen atoms in total. The third kappa shape index (κ3) is 6.46. The van der Waals surface area contributed by atoms with E-state index in [9.17, 15) is 14.4 Å². The summed E-state index contributed by atoms with van der Waals surface area (Å²) in [5.41, 5.74) is 2.38. The average Bonchev–Trinajstić information content (AvgIpc) is 3.41. The first-order chi connectivity index (χ1) is 21.5. The lowest BCUT2D eigenvalue weighted by Crippen LogP contribution is -2.64. The molecule has 0 radical (unpaired) electrons. The number of hydrogen-bond acceptors (Lipinski definition) is 7. The number of halogens is 1. The molecular formula is C32H47BrN8O5. The van der Waals surface area contributed by atoms with E-state index in [0.29, 0.717) is 25.2 Å². The van der Waals surface area contributed by atoms with Crippen molar-refractivity contribution in [2.45, 2.75) is 84.9 Å². The van der Waals surface area contributed by atoms with Crippen molar-refractivity contribution in [1.82, 2.24) is 34.3 Å². The number of aromatic nitrogens is 4. The lowest BCUT2D eigenvalue weighted by molar-refractivity contribution is -0.129.